The number of hydrogen-bond donors (Lipinski definition) is 4. The molecule has 4 aliphatic rings. The smallest absolute Gasteiger partial charge is 0.263 e. The van der Waals surface area contributed by atoms with Gasteiger partial charge in [-0.25, -0.2) is 0 Å². The first-order valence-electron chi connectivity index (χ1n) is 31.8. The number of amides is 8. The van der Waals surface area contributed by atoms with Crippen LogP contribution in [-0.4, -0.2) is 209 Å². The molecule has 4 saturated heterocycles. The molecule has 0 saturated carbocycles. The third-order valence-corrected chi connectivity index (χ3v) is 22.4. The predicted octanol–water partition coefficient (Wildman–Crippen LogP) is 8.98. The molecule has 6 aromatic carbocycles. The third-order valence-electron chi connectivity index (χ3n) is 16.7. The summed E-state index contributed by atoms with van der Waals surface area (Å²) in [6.07, 6.45) is 0. The highest BCUT2D eigenvalue weighted by Gasteiger charge is 2.33. The van der Waals surface area contributed by atoms with Crippen molar-refractivity contribution in [1.82, 2.24) is 50.7 Å². The first-order valence-corrected chi connectivity index (χ1v) is 37.4. The largest absolute Gasteiger partial charge is 0.487 e. The molecule has 6 aromatic rings. The SMILES string of the molecule is Cc1c(C(=O)NCCN(CCNC(=O)c2cccc(C(=O)N3CCSC3=S)c2OCc2ccccc2)CCN(CCNC(=O)c2cccc(C(=O)N3CCSC3=S)c2C)CCNC(=O)c2cccc(C(=O)N3CCSC3=S)c2OCc2ccccc2)cccc1C(=O)N1CCSC1=S. The van der Waals surface area contributed by atoms with E-state index in [1.165, 1.54) is 56.8 Å². The van der Waals surface area contributed by atoms with Gasteiger partial charge in [-0.1, -0.05) is 181 Å². The average Bonchev–Trinajstić information content (AvgIpc) is 1.21. The second-order valence-electron chi connectivity index (χ2n) is 22.9. The van der Waals surface area contributed by atoms with Crippen molar-refractivity contribution in [2.75, 3.05) is 115 Å². The molecule has 4 N–H and O–H groups in total. The molecule has 0 aliphatic carbocycles. The molecule has 28 heteroatoms. The van der Waals surface area contributed by atoms with Crippen LogP contribution >= 0.6 is 95.9 Å². The molecule has 0 unspecified atom stereocenters. The van der Waals surface area contributed by atoms with Crippen molar-refractivity contribution < 1.29 is 47.8 Å². The Kier molecular flexibility index (Phi) is 26.4. The summed E-state index contributed by atoms with van der Waals surface area (Å²) in [4.78, 5) is 123. The van der Waals surface area contributed by atoms with Crippen molar-refractivity contribution in [2.24, 2.45) is 0 Å². The molecule has 20 nitrogen and oxygen atoms in total. The Bertz CT molecular complexity index is 3800. The molecule has 98 heavy (non-hydrogen) atoms. The highest BCUT2D eigenvalue weighted by atomic mass is 32.2. The van der Waals surface area contributed by atoms with Crippen molar-refractivity contribution in [3.05, 3.63) is 200 Å². The summed E-state index contributed by atoms with van der Waals surface area (Å²) in [5.74, 6) is -0.181. The van der Waals surface area contributed by atoms with E-state index >= 15 is 0 Å². The zero-order valence-electron chi connectivity index (χ0n) is 53.9. The van der Waals surface area contributed by atoms with E-state index in [2.05, 4.69) is 31.1 Å². The Balaban J connectivity index is 0.889. The van der Waals surface area contributed by atoms with Gasteiger partial charge in [-0.05, 0) is 84.6 Å². The van der Waals surface area contributed by atoms with Crippen molar-refractivity contribution in [1.29, 1.82) is 0 Å². The molecular formula is C70H72N10O10S8. The average molecular weight is 1470 g/mol. The monoisotopic (exact) mass is 1470 g/mol. The van der Waals surface area contributed by atoms with Gasteiger partial charge in [0.2, 0.25) is 0 Å². The third kappa shape index (κ3) is 18.4. The van der Waals surface area contributed by atoms with E-state index < -0.39 is 23.6 Å². The fraction of sp³-hybridized carbons (Fsp3) is 0.314. The molecular weight excluding hydrogens is 1400 g/mol. The van der Waals surface area contributed by atoms with Gasteiger partial charge in [0, 0.05) is 137 Å². The number of benzene rings is 6. The summed E-state index contributed by atoms with van der Waals surface area (Å²) >= 11 is 27.7. The van der Waals surface area contributed by atoms with E-state index in [0.29, 0.717) is 113 Å². The van der Waals surface area contributed by atoms with Crippen LogP contribution in [0.15, 0.2) is 133 Å². The molecule has 0 spiro atoms. The first-order chi connectivity index (χ1) is 47.5. The van der Waals surface area contributed by atoms with E-state index in [-0.39, 0.29) is 123 Å². The maximum absolute atomic E-state index is 14.5. The lowest BCUT2D eigenvalue weighted by molar-refractivity contribution is 0.0846. The van der Waals surface area contributed by atoms with Crippen molar-refractivity contribution >= 4 is 160 Å². The molecule has 8 amide bonds. The van der Waals surface area contributed by atoms with Gasteiger partial charge in [0.1, 0.15) is 42.0 Å². The van der Waals surface area contributed by atoms with Gasteiger partial charge in [-0.15, -0.1) is 0 Å². The van der Waals surface area contributed by atoms with Crippen LogP contribution in [0.2, 0.25) is 0 Å². The Morgan fingerprint density at radius 1 is 0.357 bits per heavy atom. The summed E-state index contributed by atoms with van der Waals surface area (Å²) in [5.41, 5.74) is 4.73. The van der Waals surface area contributed by atoms with Crippen molar-refractivity contribution in [2.45, 2.75) is 27.1 Å². The number of carbonyl (C=O) groups excluding carboxylic acids is 8. The Morgan fingerprint density at radius 2 is 0.622 bits per heavy atom. The van der Waals surface area contributed by atoms with Gasteiger partial charge in [0.15, 0.2) is 0 Å². The first kappa shape index (κ1) is 73.1. The van der Waals surface area contributed by atoms with Gasteiger partial charge in [0.25, 0.3) is 47.3 Å². The fourth-order valence-electron chi connectivity index (χ4n) is 11.3. The second-order valence-corrected chi connectivity index (χ2v) is 29.8. The number of ether oxygens (including phenoxy) is 2. The quantitative estimate of drug-likeness (QED) is 0.0322. The lowest BCUT2D eigenvalue weighted by Crippen LogP contribution is -2.46. The molecule has 0 aromatic heterocycles. The Labute approximate surface area is 607 Å². The lowest BCUT2D eigenvalue weighted by atomic mass is 10.0. The predicted molar refractivity (Wildman–Crippen MR) is 403 cm³/mol. The number of thiocarbonyl (C=S) groups is 4. The van der Waals surface area contributed by atoms with E-state index in [0.717, 1.165) is 11.1 Å². The van der Waals surface area contributed by atoms with E-state index in [4.69, 9.17) is 58.3 Å². The number of rotatable bonds is 29. The van der Waals surface area contributed by atoms with Gasteiger partial charge in [0.05, 0.1) is 22.3 Å². The normalized spacial score (nSPS) is 14.5. The summed E-state index contributed by atoms with van der Waals surface area (Å²) in [7, 11) is 0. The topological polar surface area (TPSA) is 223 Å². The maximum Gasteiger partial charge on any atom is 0.263 e. The van der Waals surface area contributed by atoms with Crippen LogP contribution in [0.25, 0.3) is 0 Å². The molecule has 10 rings (SSSR count). The minimum Gasteiger partial charge on any atom is -0.487 e. The van der Waals surface area contributed by atoms with Gasteiger partial charge >= 0.3 is 0 Å². The van der Waals surface area contributed by atoms with Crippen LogP contribution in [0.3, 0.4) is 0 Å². The van der Waals surface area contributed by atoms with Crippen molar-refractivity contribution in [3.8, 4) is 11.5 Å². The number of nitrogens with zero attached hydrogens (tertiary/aromatic N) is 6. The van der Waals surface area contributed by atoms with Crippen LogP contribution < -0.4 is 30.7 Å². The van der Waals surface area contributed by atoms with Crippen LogP contribution in [0.4, 0.5) is 0 Å². The molecule has 0 bridgehead atoms. The minimum atomic E-state index is -0.494. The van der Waals surface area contributed by atoms with Gasteiger partial charge in [-0.2, -0.15) is 0 Å². The number of nitrogens with one attached hydrogen (secondary N) is 4. The molecule has 0 radical (unpaired) electrons. The molecule has 510 valence electrons. The van der Waals surface area contributed by atoms with Crippen LogP contribution in [0, 0.1) is 13.8 Å². The summed E-state index contributed by atoms with van der Waals surface area (Å²) in [6.45, 7) is 7.64. The van der Waals surface area contributed by atoms with E-state index in [9.17, 15) is 38.4 Å². The van der Waals surface area contributed by atoms with E-state index in [1.54, 1.807) is 96.4 Å². The number of hydrogen-bond acceptors (Lipinski definition) is 20. The molecule has 4 heterocycles. The van der Waals surface area contributed by atoms with Crippen LogP contribution in [0.1, 0.15) is 105 Å². The second kappa shape index (κ2) is 35.4. The summed E-state index contributed by atoms with van der Waals surface area (Å²) < 4.78 is 14.6. The molecule has 4 aliphatic heterocycles. The Hall–Kier alpha value is -7.64. The minimum absolute atomic E-state index is 0.0769. The highest BCUT2D eigenvalue weighted by molar-refractivity contribution is 8.24. The standard InChI is InChI=1S/C70H72N10O10S8/c1-45-49(17-9-19-51(45)63(85)77-35-39-95-67(77)91)59(81)71-25-29-75(31-27-73-61(83)53-21-11-23-55(65(87)79-37-41-97-69(79)93)57(53)89-43-47-13-5-3-6-14-47)33-34-76(30-26-72-60(82)50-18-10-20-52(46(50)2)64(86)78-36-40-96-68(78)92)32-28-74-62(84)54-22-12-24-56(66(88)80-38-42-98-70(80)94)58(54)90-44-48-15-7-4-8-16-48/h3-24H,25-44H2,1-2H3,(H,71,81)(H,72,82)(H,73,83)(H,74,84). The van der Waals surface area contributed by atoms with E-state index in [1.807, 2.05) is 60.7 Å². The summed E-state index contributed by atoms with van der Waals surface area (Å²) in [6, 6.07) is 38.6. The molecule has 4 fully saturated rings. The van der Waals surface area contributed by atoms with Crippen LogP contribution in [0.5, 0.6) is 11.5 Å². The zero-order valence-corrected chi connectivity index (χ0v) is 60.4. The van der Waals surface area contributed by atoms with Crippen molar-refractivity contribution in [3.63, 3.8) is 0 Å². The van der Waals surface area contributed by atoms with Gasteiger partial charge < -0.3 is 30.7 Å². The lowest BCUT2D eigenvalue weighted by Gasteiger charge is -2.28. The fourth-order valence-corrected chi connectivity index (χ4v) is 16.1. The Morgan fingerprint density at radius 3 is 0.918 bits per heavy atom. The number of para-hydroxylation sites is 2. The zero-order chi connectivity index (χ0) is 69.2. The molecule has 0 atom stereocenters. The summed E-state index contributed by atoms with van der Waals surface area (Å²) in [5, 5.41) is 12.2. The number of thioether (sulfide) groups is 4. The maximum atomic E-state index is 14.5. The van der Waals surface area contributed by atoms with Gasteiger partial charge in [-0.3, -0.25) is 67.8 Å². The highest BCUT2D eigenvalue weighted by Crippen LogP contribution is 2.33. The number of carbonyl (C=O) groups is 8. The van der Waals surface area contributed by atoms with Crippen LogP contribution in [-0.2, 0) is 13.2 Å².